The summed E-state index contributed by atoms with van der Waals surface area (Å²) >= 11 is 1.47. The van der Waals surface area contributed by atoms with Crippen molar-refractivity contribution in [1.82, 2.24) is 15.2 Å². The van der Waals surface area contributed by atoms with Crippen molar-refractivity contribution in [1.29, 1.82) is 0 Å². The van der Waals surface area contributed by atoms with Gasteiger partial charge in [-0.2, -0.15) is 0 Å². The molecule has 1 aromatic carbocycles. The highest BCUT2D eigenvalue weighted by Gasteiger charge is 2.27. The van der Waals surface area contributed by atoms with Gasteiger partial charge < -0.3 is 19.7 Å². The van der Waals surface area contributed by atoms with Gasteiger partial charge >= 0.3 is 0 Å². The molecule has 34 heavy (non-hydrogen) atoms. The number of pyridine rings is 1. The van der Waals surface area contributed by atoms with E-state index in [4.69, 9.17) is 9.47 Å². The molecule has 3 aromatic rings. The van der Waals surface area contributed by atoms with Crippen molar-refractivity contribution >= 4 is 33.2 Å². The van der Waals surface area contributed by atoms with Crippen molar-refractivity contribution in [3.05, 3.63) is 53.2 Å². The highest BCUT2D eigenvalue weighted by Crippen LogP contribution is 2.31. The lowest BCUT2D eigenvalue weighted by Crippen LogP contribution is -2.38. The number of hydrogen-bond acceptors (Lipinski definition) is 6. The minimum absolute atomic E-state index is 0.0141. The van der Waals surface area contributed by atoms with Gasteiger partial charge in [-0.1, -0.05) is 18.9 Å². The van der Waals surface area contributed by atoms with Gasteiger partial charge in [0.05, 0.1) is 23.8 Å². The second-order valence-corrected chi connectivity index (χ2v) is 9.63. The molecule has 2 amide bonds. The molecule has 0 aliphatic carbocycles. The molecule has 0 radical (unpaired) electrons. The highest BCUT2D eigenvalue weighted by atomic mass is 32.1. The van der Waals surface area contributed by atoms with Gasteiger partial charge in [0.25, 0.3) is 11.8 Å². The fourth-order valence-electron chi connectivity index (χ4n) is 4.49. The van der Waals surface area contributed by atoms with E-state index in [0.29, 0.717) is 29.5 Å². The predicted octanol–water partition coefficient (Wildman–Crippen LogP) is 4.77. The summed E-state index contributed by atoms with van der Waals surface area (Å²) in [6.45, 7) is 2.15. The van der Waals surface area contributed by atoms with E-state index in [2.05, 4.69) is 10.3 Å². The lowest BCUT2D eigenvalue weighted by atomic mass is 9.91. The van der Waals surface area contributed by atoms with Crippen LogP contribution in [0.4, 0.5) is 0 Å². The summed E-state index contributed by atoms with van der Waals surface area (Å²) in [5, 5.41) is 4.09. The maximum absolute atomic E-state index is 13.1. The van der Waals surface area contributed by atoms with Crippen molar-refractivity contribution in [2.45, 2.75) is 32.1 Å². The van der Waals surface area contributed by atoms with E-state index >= 15 is 0 Å². The number of thiophene rings is 1. The minimum atomic E-state index is -0.0347. The van der Waals surface area contributed by atoms with Crippen molar-refractivity contribution in [3.63, 3.8) is 0 Å². The number of amides is 2. The lowest BCUT2D eigenvalue weighted by molar-refractivity contribution is 0.0679. The molecule has 1 aliphatic heterocycles. The second kappa shape index (κ2) is 11.3. The van der Waals surface area contributed by atoms with Crippen molar-refractivity contribution in [2.75, 3.05) is 33.9 Å². The van der Waals surface area contributed by atoms with Gasteiger partial charge in [0.2, 0.25) is 0 Å². The third kappa shape index (κ3) is 5.50. The molecule has 1 N–H and O–H groups in total. The third-order valence-corrected chi connectivity index (χ3v) is 7.50. The number of benzene rings is 1. The summed E-state index contributed by atoms with van der Waals surface area (Å²) in [7, 11) is 3.14. The Morgan fingerprint density at radius 1 is 1.12 bits per heavy atom. The monoisotopic (exact) mass is 481 g/mol. The molecule has 0 atom stereocenters. The topological polar surface area (TPSA) is 80.8 Å². The largest absolute Gasteiger partial charge is 0.496 e. The summed E-state index contributed by atoms with van der Waals surface area (Å²) in [5.74, 6) is 1.64. The molecule has 1 fully saturated rings. The number of likely N-dealkylation sites (tertiary alicyclic amines) is 1. The van der Waals surface area contributed by atoms with Gasteiger partial charge in [0.1, 0.15) is 17.1 Å². The Morgan fingerprint density at radius 3 is 2.53 bits per heavy atom. The fraction of sp³-hybridized carbons (Fsp3) is 0.423. The molecule has 8 heteroatoms. The number of rotatable bonds is 9. The van der Waals surface area contributed by atoms with Crippen LogP contribution < -0.4 is 14.8 Å². The van der Waals surface area contributed by atoms with E-state index < -0.39 is 0 Å². The number of piperidine rings is 1. The first kappa shape index (κ1) is 24.0. The number of hydrogen-bond donors (Lipinski definition) is 1. The fourth-order valence-corrected chi connectivity index (χ4v) is 5.43. The number of ether oxygens (including phenoxy) is 2. The SMILES string of the molecule is COc1cccc(OC)c1C(=O)N1CCC(CCCCNC(=O)c2cc3ccncc3s2)CC1. The first-order valence-corrected chi connectivity index (χ1v) is 12.5. The molecular formula is C26H31N3O4S. The lowest BCUT2D eigenvalue weighted by Gasteiger charge is -2.32. The van der Waals surface area contributed by atoms with Gasteiger partial charge in [0.15, 0.2) is 0 Å². The quantitative estimate of drug-likeness (QED) is 0.446. The van der Waals surface area contributed by atoms with E-state index in [1.165, 1.54) is 11.3 Å². The molecule has 2 aromatic heterocycles. The molecule has 7 nitrogen and oxygen atoms in total. The first-order valence-electron chi connectivity index (χ1n) is 11.7. The Labute approximate surface area is 204 Å². The number of unbranched alkanes of at least 4 members (excludes halogenated alkanes) is 1. The first-order chi connectivity index (χ1) is 16.6. The van der Waals surface area contributed by atoms with Crippen LogP contribution in [0.2, 0.25) is 0 Å². The number of methoxy groups -OCH3 is 2. The standard InChI is InChI=1S/C26H31N3O4S/c1-32-20-7-5-8-21(33-2)24(20)26(31)29-14-10-18(11-15-29)6-3-4-12-28-25(30)22-16-19-9-13-27-17-23(19)34-22/h5,7-9,13,16-18H,3-4,6,10-12,14-15H2,1-2H3,(H,28,30). The second-order valence-electron chi connectivity index (χ2n) is 8.55. The molecule has 0 spiro atoms. The normalized spacial score (nSPS) is 14.2. The summed E-state index contributed by atoms with van der Waals surface area (Å²) in [4.78, 5) is 32.3. The van der Waals surface area contributed by atoms with E-state index in [9.17, 15) is 9.59 Å². The van der Waals surface area contributed by atoms with Gasteiger partial charge in [-0.15, -0.1) is 11.3 Å². The van der Waals surface area contributed by atoms with Crippen LogP contribution in [0.1, 0.15) is 52.1 Å². The zero-order valence-electron chi connectivity index (χ0n) is 19.7. The predicted molar refractivity (Wildman–Crippen MR) is 134 cm³/mol. The van der Waals surface area contributed by atoms with E-state index in [0.717, 1.165) is 60.2 Å². The number of fused-ring (bicyclic) bond motifs is 1. The summed E-state index contributed by atoms with van der Waals surface area (Å²) < 4.78 is 11.8. The average Bonchev–Trinajstić information content (AvgIpc) is 3.32. The number of nitrogens with one attached hydrogen (secondary N) is 1. The molecule has 1 saturated heterocycles. The molecule has 180 valence electrons. The van der Waals surface area contributed by atoms with Gasteiger partial charge in [-0.25, -0.2) is 0 Å². The number of aromatic nitrogens is 1. The number of carbonyl (C=O) groups excluding carboxylic acids is 2. The summed E-state index contributed by atoms with van der Waals surface area (Å²) in [6, 6.07) is 9.25. The maximum Gasteiger partial charge on any atom is 0.261 e. The minimum Gasteiger partial charge on any atom is -0.496 e. The molecule has 0 saturated carbocycles. The third-order valence-electron chi connectivity index (χ3n) is 6.41. The maximum atomic E-state index is 13.1. The highest BCUT2D eigenvalue weighted by molar-refractivity contribution is 7.20. The van der Waals surface area contributed by atoms with Crippen LogP contribution in [0.3, 0.4) is 0 Å². The van der Waals surface area contributed by atoms with Crippen LogP contribution in [-0.4, -0.2) is 55.6 Å². The summed E-state index contributed by atoms with van der Waals surface area (Å²) in [5.41, 5.74) is 0.497. The van der Waals surface area contributed by atoms with E-state index in [1.54, 1.807) is 38.7 Å². The van der Waals surface area contributed by atoms with Crippen molar-refractivity contribution in [3.8, 4) is 11.5 Å². The van der Waals surface area contributed by atoms with Gasteiger partial charge in [0, 0.05) is 32.0 Å². The Balaban J connectivity index is 1.18. The van der Waals surface area contributed by atoms with E-state index in [1.807, 2.05) is 23.1 Å². The molecule has 1 aliphatic rings. The van der Waals surface area contributed by atoms with Crippen molar-refractivity contribution < 1.29 is 19.1 Å². The Morgan fingerprint density at radius 2 is 1.85 bits per heavy atom. The zero-order chi connectivity index (χ0) is 23.9. The van der Waals surface area contributed by atoms with Crippen LogP contribution in [0.5, 0.6) is 11.5 Å². The molecule has 3 heterocycles. The molecule has 0 unspecified atom stereocenters. The van der Waals surface area contributed by atoms with Crippen LogP contribution in [0.15, 0.2) is 42.7 Å². The van der Waals surface area contributed by atoms with Gasteiger partial charge in [-0.3, -0.25) is 14.6 Å². The Bertz CT molecular complexity index is 1080. The van der Waals surface area contributed by atoms with Crippen molar-refractivity contribution in [2.24, 2.45) is 5.92 Å². The van der Waals surface area contributed by atoms with Crippen LogP contribution in [0, 0.1) is 5.92 Å². The molecular weight excluding hydrogens is 450 g/mol. The van der Waals surface area contributed by atoms with Crippen LogP contribution >= 0.6 is 11.3 Å². The number of carbonyl (C=O) groups is 2. The molecule has 0 bridgehead atoms. The average molecular weight is 482 g/mol. The van der Waals surface area contributed by atoms with Gasteiger partial charge in [-0.05, 0) is 54.8 Å². The summed E-state index contributed by atoms with van der Waals surface area (Å²) in [6.07, 6.45) is 8.65. The Hall–Kier alpha value is -3.13. The smallest absolute Gasteiger partial charge is 0.261 e. The van der Waals surface area contributed by atoms with Crippen LogP contribution in [-0.2, 0) is 0 Å². The zero-order valence-corrected chi connectivity index (χ0v) is 20.5. The van der Waals surface area contributed by atoms with E-state index in [-0.39, 0.29) is 11.8 Å². The van der Waals surface area contributed by atoms with Crippen LogP contribution in [0.25, 0.3) is 10.1 Å². The number of nitrogens with zero attached hydrogens (tertiary/aromatic N) is 2. The Kier molecular flexibility index (Phi) is 8.00. The molecule has 4 rings (SSSR count).